The average molecular weight is 273 g/mol. The molecule has 0 aliphatic carbocycles. The van der Waals surface area contributed by atoms with Crippen LogP contribution < -0.4 is 4.74 Å². The summed E-state index contributed by atoms with van der Waals surface area (Å²) in [6.07, 6.45) is 0.522. The number of ether oxygens (including phenoxy) is 1. The first kappa shape index (κ1) is 12.5. The zero-order chi connectivity index (χ0) is 11.4. The molecule has 1 aromatic carbocycles. The summed E-state index contributed by atoms with van der Waals surface area (Å²) < 4.78 is 6.32. The molecule has 84 valence electrons. The molecule has 2 atom stereocenters. The molecule has 1 aromatic rings. The number of rotatable bonds is 4. The van der Waals surface area contributed by atoms with Crippen LogP contribution in [0.3, 0.4) is 0 Å². The first-order valence-corrected chi connectivity index (χ1v) is 5.84. The second-order valence-corrected chi connectivity index (χ2v) is 4.79. The first-order valence-electron chi connectivity index (χ1n) is 5.05. The molecule has 2 unspecified atom stereocenters. The molecule has 0 aliphatic heterocycles. The maximum atomic E-state index is 9.46. The van der Waals surface area contributed by atoms with Crippen LogP contribution in [0.2, 0.25) is 0 Å². The van der Waals surface area contributed by atoms with Gasteiger partial charge in [0.1, 0.15) is 5.75 Å². The standard InChI is InChI=1S/C12H17BrO2/c1-8(9(2)14)6-10-7-11(13)4-5-12(10)15-3/h4-5,7-9,14H,6H2,1-3H3. The fraction of sp³-hybridized carbons (Fsp3) is 0.500. The van der Waals surface area contributed by atoms with Gasteiger partial charge in [0.15, 0.2) is 0 Å². The number of hydrogen-bond donors (Lipinski definition) is 1. The van der Waals surface area contributed by atoms with Gasteiger partial charge in [0.25, 0.3) is 0 Å². The van der Waals surface area contributed by atoms with E-state index in [9.17, 15) is 5.11 Å². The van der Waals surface area contributed by atoms with Crippen LogP contribution in [0.25, 0.3) is 0 Å². The SMILES string of the molecule is COc1ccc(Br)cc1CC(C)C(C)O. The van der Waals surface area contributed by atoms with E-state index in [-0.39, 0.29) is 12.0 Å². The van der Waals surface area contributed by atoms with Crippen LogP contribution in [-0.2, 0) is 6.42 Å². The second-order valence-electron chi connectivity index (χ2n) is 3.88. The molecule has 2 nitrogen and oxygen atoms in total. The molecule has 15 heavy (non-hydrogen) atoms. The zero-order valence-corrected chi connectivity index (χ0v) is 10.9. The van der Waals surface area contributed by atoms with E-state index in [1.165, 1.54) is 0 Å². The van der Waals surface area contributed by atoms with Crippen LogP contribution in [0.15, 0.2) is 22.7 Å². The Bertz CT molecular complexity index is 323. The minimum atomic E-state index is -0.298. The lowest BCUT2D eigenvalue weighted by molar-refractivity contribution is 0.134. The molecular weight excluding hydrogens is 256 g/mol. The van der Waals surface area contributed by atoms with Gasteiger partial charge in [0.05, 0.1) is 13.2 Å². The average Bonchev–Trinajstić information content (AvgIpc) is 2.18. The van der Waals surface area contributed by atoms with Gasteiger partial charge >= 0.3 is 0 Å². The highest BCUT2D eigenvalue weighted by molar-refractivity contribution is 9.10. The molecule has 0 radical (unpaired) electrons. The van der Waals surface area contributed by atoms with Crippen molar-refractivity contribution in [1.82, 2.24) is 0 Å². The minimum Gasteiger partial charge on any atom is -0.496 e. The Morgan fingerprint density at radius 1 is 1.40 bits per heavy atom. The fourth-order valence-corrected chi connectivity index (χ4v) is 1.83. The van der Waals surface area contributed by atoms with Crippen molar-refractivity contribution in [2.45, 2.75) is 26.4 Å². The summed E-state index contributed by atoms with van der Waals surface area (Å²) in [6.45, 7) is 3.85. The van der Waals surface area contributed by atoms with Crippen molar-refractivity contribution in [1.29, 1.82) is 0 Å². The van der Waals surface area contributed by atoms with Crippen LogP contribution in [0, 0.1) is 5.92 Å². The van der Waals surface area contributed by atoms with Gasteiger partial charge in [-0.05, 0) is 43.0 Å². The predicted octanol–water partition coefficient (Wildman–Crippen LogP) is 3.02. The molecule has 0 aliphatic rings. The smallest absolute Gasteiger partial charge is 0.122 e. The molecule has 0 bridgehead atoms. The first-order chi connectivity index (χ1) is 7.04. The van der Waals surface area contributed by atoms with Crippen molar-refractivity contribution in [2.75, 3.05) is 7.11 Å². The Morgan fingerprint density at radius 3 is 2.60 bits per heavy atom. The van der Waals surface area contributed by atoms with Gasteiger partial charge < -0.3 is 9.84 Å². The van der Waals surface area contributed by atoms with Gasteiger partial charge in [0, 0.05) is 4.47 Å². The normalized spacial score (nSPS) is 14.7. The molecule has 0 aromatic heterocycles. The summed E-state index contributed by atoms with van der Waals surface area (Å²) in [5.41, 5.74) is 1.13. The van der Waals surface area contributed by atoms with Gasteiger partial charge in [-0.2, -0.15) is 0 Å². The largest absolute Gasteiger partial charge is 0.496 e. The van der Waals surface area contributed by atoms with Crippen molar-refractivity contribution in [3.05, 3.63) is 28.2 Å². The van der Waals surface area contributed by atoms with E-state index in [2.05, 4.69) is 15.9 Å². The van der Waals surface area contributed by atoms with Gasteiger partial charge in [-0.15, -0.1) is 0 Å². The number of aliphatic hydroxyl groups excluding tert-OH is 1. The van der Waals surface area contributed by atoms with Gasteiger partial charge in [0.2, 0.25) is 0 Å². The summed E-state index contributed by atoms with van der Waals surface area (Å²) in [4.78, 5) is 0. The Morgan fingerprint density at radius 2 is 2.07 bits per heavy atom. The zero-order valence-electron chi connectivity index (χ0n) is 9.33. The van der Waals surface area contributed by atoms with E-state index >= 15 is 0 Å². The number of benzene rings is 1. The predicted molar refractivity (Wildman–Crippen MR) is 65.2 cm³/mol. The summed E-state index contributed by atoms with van der Waals surface area (Å²) in [5, 5.41) is 9.46. The lowest BCUT2D eigenvalue weighted by Crippen LogP contribution is -2.15. The summed E-state index contributed by atoms with van der Waals surface area (Å²) in [5.74, 6) is 1.11. The monoisotopic (exact) mass is 272 g/mol. The molecule has 1 N–H and O–H groups in total. The number of aliphatic hydroxyl groups is 1. The molecule has 0 saturated carbocycles. The quantitative estimate of drug-likeness (QED) is 0.913. The Kier molecular flexibility index (Phi) is 4.61. The molecule has 0 fully saturated rings. The molecule has 0 heterocycles. The summed E-state index contributed by atoms with van der Waals surface area (Å²) in [6, 6.07) is 5.93. The van der Waals surface area contributed by atoms with Crippen molar-refractivity contribution in [3.8, 4) is 5.75 Å². The van der Waals surface area contributed by atoms with Crippen molar-refractivity contribution in [2.24, 2.45) is 5.92 Å². The molecule has 0 spiro atoms. The van der Waals surface area contributed by atoms with E-state index in [0.717, 1.165) is 22.2 Å². The lowest BCUT2D eigenvalue weighted by Gasteiger charge is -2.16. The highest BCUT2D eigenvalue weighted by atomic mass is 79.9. The number of methoxy groups -OCH3 is 1. The third-order valence-electron chi connectivity index (χ3n) is 2.61. The van der Waals surface area contributed by atoms with Crippen LogP contribution in [0.4, 0.5) is 0 Å². The maximum absolute atomic E-state index is 9.46. The topological polar surface area (TPSA) is 29.5 Å². The summed E-state index contributed by atoms with van der Waals surface area (Å²) >= 11 is 3.43. The van der Waals surface area contributed by atoms with Crippen molar-refractivity contribution >= 4 is 15.9 Å². The van der Waals surface area contributed by atoms with Gasteiger partial charge in [-0.1, -0.05) is 22.9 Å². The van der Waals surface area contributed by atoms with Gasteiger partial charge in [-0.25, -0.2) is 0 Å². The Balaban J connectivity index is 2.87. The van der Waals surface area contributed by atoms with E-state index in [4.69, 9.17) is 4.74 Å². The highest BCUT2D eigenvalue weighted by Gasteiger charge is 2.12. The van der Waals surface area contributed by atoms with E-state index in [1.54, 1.807) is 7.11 Å². The van der Waals surface area contributed by atoms with Crippen molar-refractivity contribution in [3.63, 3.8) is 0 Å². The molecular formula is C12H17BrO2. The van der Waals surface area contributed by atoms with Crippen LogP contribution in [-0.4, -0.2) is 18.3 Å². The molecule has 0 amide bonds. The van der Waals surface area contributed by atoms with Crippen LogP contribution >= 0.6 is 15.9 Å². The van der Waals surface area contributed by atoms with E-state index < -0.39 is 0 Å². The number of hydrogen-bond acceptors (Lipinski definition) is 2. The lowest BCUT2D eigenvalue weighted by atomic mass is 9.96. The summed E-state index contributed by atoms with van der Waals surface area (Å²) in [7, 11) is 1.67. The van der Waals surface area contributed by atoms with E-state index in [0.29, 0.717) is 0 Å². The molecule has 1 rings (SSSR count). The van der Waals surface area contributed by atoms with Crippen LogP contribution in [0.5, 0.6) is 5.75 Å². The Hall–Kier alpha value is -0.540. The second kappa shape index (κ2) is 5.52. The van der Waals surface area contributed by atoms with E-state index in [1.807, 2.05) is 32.0 Å². The minimum absolute atomic E-state index is 0.230. The fourth-order valence-electron chi connectivity index (χ4n) is 1.42. The molecule has 0 saturated heterocycles. The maximum Gasteiger partial charge on any atom is 0.122 e. The third kappa shape index (κ3) is 3.50. The number of halogens is 1. The third-order valence-corrected chi connectivity index (χ3v) is 3.10. The molecule has 3 heteroatoms. The van der Waals surface area contributed by atoms with Crippen LogP contribution in [0.1, 0.15) is 19.4 Å². The van der Waals surface area contributed by atoms with Crippen molar-refractivity contribution < 1.29 is 9.84 Å². The van der Waals surface area contributed by atoms with Gasteiger partial charge in [-0.3, -0.25) is 0 Å². The highest BCUT2D eigenvalue weighted by Crippen LogP contribution is 2.26. The Labute approximate surface area is 99.4 Å².